The number of ether oxygens (including phenoxy) is 2. The number of methoxy groups -OCH3 is 2. The second kappa shape index (κ2) is 5.98. The Bertz CT molecular complexity index is 612. The molecular formula is C18H19ClO2. The lowest BCUT2D eigenvalue weighted by Crippen LogP contribution is -1.97. The molecule has 2 aromatic carbocycles. The van der Waals surface area contributed by atoms with E-state index in [0.717, 1.165) is 23.5 Å². The molecule has 3 unspecified atom stereocenters. The fourth-order valence-corrected chi connectivity index (χ4v) is 3.31. The van der Waals surface area contributed by atoms with Crippen LogP contribution in [0, 0.1) is 5.92 Å². The van der Waals surface area contributed by atoms with E-state index in [2.05, 4.69) is 24.3 Å². The molecule has 0 saturated heterocycles. The molecule has 1 saturated carbocycles. The maximum Gasteiger partial charge on any atom is 0.161 e. The normalized spacial score (nSPS) is 21.7. The van der Waals surface area contributed by atoms with Gasteiger partial charge in [0.15, 0.2) is 11.5 Å². The molecular weight excluding hydrogens is 284 g/mol. The molecule has 0 spiro atoms. The minimum Gasteiger partial charge on any atom is -0.493 e. The highest BCUT2D eigenvalue weighted by molar-refractivity contribution is 6.21. The monoisotopic (exact) mass is 302 g/mol. The van der Waals surface area contributed by atoms with Gasteiger partial charge in [0.25, 0.3) is 0 Å². The van der Waals surface area contributed by atoms with Crippen LogP contribution >= 0.6 is 11.6 Å². The van der Waals surface area contributed by atoms with Crippen molar-refractivity contribution in [1.82, 2.24) is 0 Å². The van der Waals surface area contributed by atoms with Crippen molar-refractivity contribution >= 4 is 11.6 Å². The zero-order valence-electron chi connectivity index (χ0n) is 12.3. The van der Waals surface area contributed by atoms with E-state index >= 15 is 0 Å². The molecule has 0 amide bonds. The maximum absolute atomic E-state index is 6.68. The summed E-state index contributed by atoms with van der Waals surface area (Å²) in [6.45, 7) is 0. The van der Waals surface area contributed by atoms with Gasteiger partial charge < -0.3 is 9.47 Å². The molecule has 3 atom stereocenters. The molecule has 0 aromatic heterocycles. The Morgan fingerprint density at radius 1 is 1.00 bits per heavy atom. The van der Waals surface area contributed by atoms with Crippen LogP contribution in [0.2, 0.25) is 0 Å². The first kappa shape index (κ1) is 14.3. The van der Waals surface area contributed by atoms with E-state index in [4.69, 9.17) is 21.1 Å². The predicted octanol–water partition coefficient (Wildman–Crippen LogP) is 4.79. The van der Waals surface area contributed by atoms with Crippen LogP contribution < -0.4 is 9.47 Å². The van der Waals surface area contributed by atoms with Crippen molar-refractivity contribution in [3.05, 3.63) is 59.7 Å². The lowest BCUT2D eigenvalue weighted by atomic mass is 10.0. The molecule has 110 valence electrons. The number of halogens is 1. The fraction of sp³-hybridized carbons (Fsp3) is 0.333. The van der Waals surface area contributed by atoms with Gasteiger partial charge in [0, 0.05) is 0 Å². The quantitative estimate of drug-likeness (QED) is 0.740. The Balaban J connectivity index is 1.76. The van der Waals surface area contributed by atoms with E-state index in [-0.39, 0.29) is 5.38 Å². The summed E-state index contributed by atoms with van der Waals surface area (Å²) < 4.78 is 10.6. The van der Waals surface area contributed by atoms with Crippen molar-refractivity contribution in [2.45, 2.75) is 17.7 Å². The maximum atomic E-state index is 6.68. The van der Waals surface area contributed by atoms with Crippen LogP contribution in [-0.4, -0.2) is 14.2 Å². The first-order chi connectivity index (χ1) is 10.2. The van der Waals surface area contributed by atoms with Gasteiger partial charge in [-0.3, -0.25) is 0 Å². The van der Waals surface area contributed by atoms with Crippen molar-refractivity contribution in [1.29, 1.82) is 0 Å². The van der Waals surface area contributed by atoms with Crippen LogP contribution in [0.25, 0.3) is 0 Å². The zero-order valence-corrected chi connectivity index (χ0v) is 13.0. The van der Waals surface area contributed by atoms with Crippen molar-refractivity contribution in [2.75, 3.05) is 14.2 Å². The summed E-state index contributed by atoms with van der Waals surface area (Å²) in [5, 5.41) is 0.00927. The summed E-state index contributed by atoms with van der Waals surface area (Å²) in [5.74, 6) is 2.53. The van der Waals surface area contributed by atoms with Crippen LogP contribution in [0.5, 0.6) is 11.5 Å². The third kappa shape index (κ3) is 2.86. The van der Waals surface area contributed by atoms with Gasteiger partial charge in [-0.05, 0) is 41.5 Å². The third-order valence-electron chi connectivity index (χ3n) is 4.17. The largest absolute Gasteiger partial charge is 0.493 e. The molecule has 21 heavy (non-hydrogen) atoms. The summed E-state index contributed by atoms with van der Waals surface area (Å²) in [4.78, 5) is 0. The Morgan fingerprint density at radius 2 is 1.71 bits per heavy atom. The van der Waals surface area contributed by atoms with Gasteiger partial charge in [0.05, 0.1) is 19.6 Å². The van der Waals surface area contributed by atoms with Gasteiger partial charge in [0.1, 0.15) is 0 Å². The molecule has 1 fully saturated rings. The average molecular weight is 303 g/mol. The van der Waals surface area contributed by atoms with E-state index in [0.29, 0.717) is 11.8 Å². The first-order valence-corrected chi connectivity index (χ1v) is 7.59. The number of rotatable bonds is 5. The highest BCUT2D eigenvalue weighted by Crippen LogP contribution is 2.56. The second-order valence-electron chi connectivity index (χ2n) is 5.43. The van der Waals surface area contributed by atoms with Gasteiger partial charge in [-0.25, -0.2) is 0 Å². The topological polar surface area (TPSA) is 18.5 Å². The van der Waals surface area contributed by atoms with Gasteiger partial charge in [-0.1, -0.05) is 36.4 Å². The molecule has 0 heterocycles. The molecule has 1 aliphatic rings. The van der Waals surface area contributed by atoms with E-state index in [9.17, 15) is 0 Å². The van der Waals surface area contributed by atoms with E-state index in [1.165, 1.54) is 5.56 Å². The number of hydrogen-bond acceptors (Lipinski definition) is 2. The molecule has 1 aliphatic carbocycles. The Hall–Kier alpha value is -1.67. The number of hydrogen-bond donors (Lipinski definition) is 0. The minimum absolute atomic E-state index is 0.00927. The van der Waals surface area contributed by atoms with Crippen LogP contribution in [0.3, 0.4) is 0 Å². The summed E-state index contributed by atoms with van der Waals surface area (Å²) in [6, 6.07) is 16.5. The van der Waals surface area contributed by atoms with Gasteiger partial charge >= 0.3 is 0 Å². The van der Waals surface area contributed by atoms with Crippen molar-refractivity contribution < 1.29 is 9.47 Å². The van der Waals surface area contributed by atoms with Crippen LogP contribution in [0.4, 0.5) is 0 Å². The molecule has 2 aromatic rings. The fourth-order valence-electron chi connectivity index (χ4n) is 2.89. The molecule has 0 aliphatic heterocycles. The summed E-state index contributed by atoms with van der Waals surface area (Å²) in [5.41, 5.74) is 2.48. The Labute approximate surface area is 130 Å². The van der Waals surface area contributed by atoms with Crippen molar-refractivity contribution in [3.8, 4) is 11.5 Å². The second-order valence-corrected chi connectivity index (χ2v) is 5.90. The zero-order chi connectivity index (χ0) is 14.8. The van der Waals surface area contributed by atoms with Crippen molar-refractivity contribution in [3.63, 3.8) is 0 Å². The predicted molar refractivity (Wildman–Crippen MR) is 85.4 cm³/mol. The van der Waals surface area contributed by atoms with Gasteiger partial charge in [0.2, 0.25) is 0 Å². The smallest absolute Gasteiger partial charge is 0.161 e. The molecule has 3 heteroatoms. The molecule has 2 nitrogen and oxygen atoms in total. The first-order valence-electron chi connectivity index (χ1n) is 7.15. The highest BCUT2D eigenvalue weighted by atomic mass is 35.5. The summed E-state index contributed by atoms with van der Waals surface area (Å²) >= 11 is 6.68. The van der Waals surface area contributed by atoms with Crippen molar-refractivity contribution in [2.24, 2.45) is 5.92 Å². The van der Waals surface area contributed by atoms with Crippen LogP contribution in [0.15, 0.2) is 48.5 Å². The summed E-state index contributed by atoms with van der Waals surface area (Å²) in [7, 11) is 3.29. The Morgan fingerprint density at radius 3 is 2.38 bits per heavy atom. The van der Waals surface area contributed by atoms with Gasteiger partial charge in [-0.2, -0.15) is 0 Å². The van der Waals surface area contributed by atoms with E-state index < -0.39 is 0 Å². The molecule has 3 rings (SSSR count). The van der Waals surface area contributed by atoms with E-state index in [1.54, 1.807) is 14.2 Å². The molecule has 0 radical (unpaired) electrons. The highest BCUT2D eigenvalue weighted by Gasteiger charge is 2.43. The third-order valence-corrected chi connectivity index (χ3v) is 4.75. The average Bonchev–Trinajstić information content (AvgIpc) is 3.35. The van der Waals surface area contributed by atoms with Gasteiger partial charge in [-0.15, -0.1) is 11.6 Å². The minimum atomic E-state index is 0.00927. The number of benzene rings is 2. The summed E-state index contributed by atoms with van der Waals surface area (Å²) in [6.07, 6.45) is 1.15. The standard InChI is InChI=1S/C18H19ClO2/c1-20-16-9-8-13(10-17(16)21-2)18(19)15-11-14(15)12-6-4-3-5-7-12/h3-10,14-15,18H,11H2,1-2H3. The Kier molecular flexibility index (Phi) is 4.07. The van der Waals surface area contributed by atoms with Crippen LogP contribution in [-0.2, 0) is 0 Å². The molecule has 0 bridgehead atoms. The van der Waals surface area contributed by atoms with E-state index in [1.807, 2.05) is 24.3 Å². The lowest BCUT2D eigenvalue weighted by Gasteiger charge is -2.13. The van der Waals surface area contributed by atoms with Crippen LogP contribution in [0.1, 0.15) is 28.8 Å². The lowest BCUT2D eigenvalue weighted by molar-refractivity contribution is 0.354. The molecule has 0 N–H and O–H groups in total. The number of alkyl halides is 1. The SMILES string of the molecule is COc1ccc(C(Cl)C2CC2c2ccccc2)cc1OC.